The Kier molecular flexibility index (Phi) is 5.06. The fourth-order valence-electron chi connectivity index (χ4n) is 2.98. The van der Waals surface area contributed by atoms with E-state index in [0.29, 0.717) is 19.8 Å². The maximum atomic E-state index is 12.4. The minimum absolute atomic E-state index is 0.0511. The van der Waals surface area contributed by atoms with E-state index in [4.69, 9.17) is 4.74 Å². The lowest BCUT2D eigenvalue weighted by Gasteiger charge is -2.41. The Morgan fingerprint density at radius 3 is 2.64 bits per heavy atom. The standard InChI is InChI=1S/C17H26N2O3/c1-5-22-11-17(7-6-8-17)10-18-15(20)14-12(2)9-13(3)19(4)16(14)21/h9H,5-8,10-11H2,1-4H3,(H,18,20). The number of nitrogens with one attached hydrogen (secondary N) is 1. The van der Waals surface area contributed by atoms with Crippen LogP contribution in [0.15, 0.2) is 10.9 Å². The lowest BCUT2D eigenvalue weighted by Crippen LogP contribution is -2.46. The highest BCUT2D eigenvalue weighted by molar-refractivity contribution is 5.95. The third kappa shape index (κ3) is 3.24. The number of aromatic nitrogens is 1. The first kappa shape index (κ1) is 16.7. The van der Waals surface area contributed by atoms with Gasteiger partial charge in [0.25, 0.3) is 11.5 Å². The summed E-state index contributed by atoms with van der Waals surface area (Å²) in [7, 11) is 1.69. The molecule has 1 saturated carbocycles. The SMILES string of the molecule is CCOCC1(CNC(=O)c2c(C)cc(C)n(C)c2=O)CCC1. The van der Waals surface area contributed by atoms with Crippen LogP contribution in [0.4, 0.5) is 0 Å². The molecule has 5 nitrogen and oxygen atoms in total. The molecule has 0 spiro atoms. The second kappa shape index (κ2) is 6.65. The fourth-order valence-corrected chi connectivity index (χ4v) is 2.98. The van der Waals surface area contributed by atoms with Crippen molar-refractivity contribution in [2.45, 2.75) is 40.0 Å². The number of amides is 1. The van der Waals surface area contributed by atoms with Crippen molar-refractivity contribution in [1.29, 1.82) is 0 Å². The third-order valence-corrected chi connectivity index (χ3v) is 4.74. The van der Waals surface area contributed by atoms with E-state index in [1.54, 1.807) is 7.05 Å². The van der Waals surface area contributed by atoms with Crippen molar-refractivity contribution in [2.24, 2.45) is 12.5 Å². The smallest absolute Gasteiger partial charge is 0.263 e. The first-order chi connectivity index (χ1) is 10.4. The molecule has 1 amide bonds. The highest BCUT2D eigenvalue weighted by Gasteiger charge is 2.37. The number of hydrogen-bond donors (Lipinski definition) is 1. The van der Waals surface area contributed by atoms with E-state index in [9.17, 15) is 9.59 Å². The first-order valence-corrected chi connectivity index (χ1v) is 7.93. The molecule has 1 aromatic rings. The molecule has 1 aliphatic carbocycles. The first-order valence-electron chi connectivity index (χ1n) is 7.93. The second-order valence-electron chi connectivity index (χ2n) is 6.38. The third-order valence-electron chi connectivity index (χ3n) is 4.74. The number of rotatable bonds is 6. The van der Waals surface area contributed by atoms with Gasteiger partial charge in [-0.05, 0) is 45.2 Å². The molecule has 0 saturated heterocycles. The summed E-state index contributed by atoms with van der Waals surface area (Å²) < 4.78 is 7.06. The molecule has 0 unspecified atom stereocenters. The van der Waals surface area contributed by atoms with E-state index in [2.05, 4.69) is 5.32 Å². The maximum Gasteiger partial charge on any atom is 0.263 e. The van der Waals surface area contributed by atoms with Crippen LogP contribution in [0.3, 0.4) is 0 Å². The molecule has 1 fully saturated rings. The van der Waals surface area contributed by atoms with Gasteiger partial charge in [0.15, 0.2) is 0 Å². The predicted octanol–water partition coefficient (Wildman–Crippen LogP) is 1.94. The molecule has 0 radical (unpaired) electrons. The van der Waals surface area contributed by atoms with Gasteiger partial charge >= 0.3 is 0 Å². The second-order valence-corrected chi connectivity index (χ2v) is 6.38. The van der Waals surface area contributed by atoms with Crippen LogP contribution >= 0.6 is 0 Å². The number of hydrogen-bond acceptors (Lipinski definition) is 3. The van der Waals surface area contributed by atoms with Gasteiger partial charge in [-0.3, -0.25) is 9.59 Å². The summed E-state index contributed by atoms with van der Waals surface area (Å²) in [6.07, 6.45) is 3.31. The van der Waals surface area contributed by atoms with Crippen molar-refractivity contribution in [3.8, 4) is 0 Å². The number of carbonyl (C=O) groups is 1. The Hall–Kier alpha value is -1.62. The molecule has 122 valence electrons. The van der Waals surface area contributed by atoms with Crippen LogP contribution in [0.5, 0.6) is 0 Å². The van der Waals surface area contributed by atoms with Crippen LogP contribution in [-0.2, 0) is 11.8 Å². The normalized spacial score (nSPS) is 16.2. The minimum Gasteiger partial charge on any atom is -0.381 e. The number of aryl methyl sites for hydroxylation is 2. The molecule has 0 aromatic carbocycles. The summed E-state index contributed by atoms with van der Waals surface area (Å²) in [5.41, 5.74) is 1.65. The number of carbonyl (C=O) groups excluding carboxylic acids is 1. The van der Waals surface area contributed by atoms with Crippen molar-refractivity contribution in [1.82, 2.24) is 9.88 Å². The largest absolute Gasteiger partial charge is 0.381 e. The number of nitrogens with zero attached hydrogens (tertiary/aromatic N) is 1. The topological polar surface area (TPSA) is 60.3 Å². The molecule has 2 rings (SSSR count). The summed E-state index contributed by atoms with van der Waals surface area (Å²) in [6.45, 7) is 7.58. The molecular formula is C17H26N2O3. The zero-order valence-electron chi connectivity index (χ0n) is 14.0. The molecule has 1 N–H and O–H groups in total. The van der Waals surface area contributed by atoms with Gasteiger partial charge in [-0.15, -0.1) is 0 Å². The Labute approximate surface area is 131 Å². The monoisotopic (exact) mass is 306 g/mol. The van der Waals surface area contributed by atoms with Crippen LogP contribution in [-0.4, -0.2) is 30.2 Å². The van der Waals surface area contributed by atoms with E-state index in [1.165, 1.54) is 11.0 Å². The zero-order chi connectivity index (χ0) is 16.3. The van der Waals surface area contributed by atoms with Gasteiger partial charge in [0.2, 0.25) is 0 Å². The van der Waals surface area contributed by atoms with Crippen molar-refractivity contribution in [3.63, 3.8) is 0 Å². The summed E-state index contributed by atoms with van der Waals surface area (Å²) >= 11 is 0. The molecule has 0 aliphatic heterocycles. The van der Waals surface area contributed by atoms with Crippen LogP contribution in [0.25, 0.3) is 0 Å². The van der Waals surface area contributed by atoms with Crippen molar-refractivity contribution >= 4 is 5.91 Å². The van der Waals surface area contributed by atoms with Crippen molar-refractivity contribution in [3.05, 3.63) is 33.2 Å². The molecule has 22 heavy (non-hydrogen) atoms. The van der Waals surface area contributed by atoms with Crippen molar-refractivity contribution < 1.29 is 9.53 Å². The number of ether oxygens (including phenoxy) is 1. The van der Waals surface area contributed by atoms with Gasteiger partial charge in [0, 0.05) is 31.3 Å². The molecule has 1 aromatic heterocycles. The Bertz CT molecular complexity index is 615. The minimum atomic E-state index is -0.277. The molecule has 1 heterocycles. The van der Waals surface area contributed by atoms with E-state index >= 15 is 0 Å². The summed E-state index contributed by atoms with van der Waals surface area (Å²) in [6, 6.07) is 1.87. The van der Waals surface area contributed by atoms with Gasteiger partial charge in [-0.25, -0.2) is 0 Å². The van der Waals surface area contributed by atoms with Crippen molar-refractivity contribution in [2.75, 3.05) is 19.8 Å². The molecular weight excluding hydrogens is 280 g/mol. The van der Waals surface area contributed by atoms with E-state index in [1.807, 2.05) is 26.8 Å². The summed E-state index contributed by atoms with van der Waals surface area (Å²) in [5.74, 6) is -0.277. The number of pyridine rings is 1. The van der Waals surface area contributed by atoms with E-state index in [0.717, 1.165) is 24.1 Å². The van der Waals surface area contributed by atoms with Gasteiger partial charge in [0.05, 0.1) is 6.61 Å². The van der Waals surface area contributed by atoms with Gasteiger partial charge in [-0.1, -0.05) is 6.42 Å². The maximum absolute atomic E-state index is 12.4. The average molecular weight is 306 g/mol. The lowest BCUT2D eigenvalue weighted by atomic mass is 9.69. The molecule has 1 aliphatic rings. The Balaban J connectivity index is 2.10. The Morgan fingerprint density at radius 1 is 1.41 bits per heavy atom. The van der Waals surface area contributed by atoms with Crippen LogP contribution < -0.4 is 10.9 Å². The average Bonchev–Trinajstić information content (AvgIpc) is 2.43. The van der Waals surface area contributed by atoms with E-state index in [-0.39, 0.29) is 22.4 Å². The fraction of sp³-hybridized carbons (Fsp3) is 0.647. The van der Waals surface area contributed by atoms with Gasteiger partial charge in [0.1, 0.15) is 5.56 Å². The van der Waals surface area contributed by atoms with Crippen LogP contribution in [0.1, 0.15) is 47.8 Å². The summed E-state index contributed by atoms with van der Waals surface area (Å²) in [4.78, 5) is 24.8. The van der Waals surface area contributed by atoms with Crippen LogP contribution in [0, 0.1) is 19.3 Å². The predicted molar refractivity (Wildman–Crippen MR) is 86.3 cm³/mol. The van der Waals surface area contributed by atoms with Gasteiger partial charge < -0.3 is 14.6 Å². The molecule has 5 heteroatoms. The quantitative estimate of drug-likeness (QED) is 0.873. The Morgan fingerprint density at radius 2 is 2.09 bits per heavy atom. The van der Waals surface area contributed by atoms with Gasteiger partial charge in [-0.2, -0.15) is 0 Å². The highest BCUT2D eigenvalue weighted by Crippen LogP contribution is 2.40. The van der Waals surface area contributed by atoms with E-state index < -0.39 is 0 Å². The zero-order valence-corrected chi connectivity index (χ0v) is 14.0. The molecule has 0 atom stereocenters. The van der Waals surface area contributed by atoms with Crippen LogP contribution in [0.2, 0.25) is 0 Å². The highest BCUT2D eigenvalue weighted by atomic mass is 16.5. The lowest BCUT2D eigenvalue weighted by molar-refractivity contribution is -0.000199. The summed E-state index contributed by atoms with van der Waals surface area (Å²) in [5, 5.41) is 2.95. The molecule has 0 bridgehead atoms.